The van der Waals surface area contributed by atoms with Crippen molar-refractivity contribution in [1.29, 1.82) is 0 Å². The van der Waals surface area contributed by atoms with Gasteiger partial charge in [0.2, 0.25) is 0 Å². The van der Waals surface area contributed by atoms with Crippen LogP contribution < -0.4 is 10.3 Å². The largest absolute Gasteiger partial charge is 0.494 e. The Morgan fingerprint density at radius 2 is 2.10 bits per heavy atom. The van der Waals surface area contributed by atoms with E-state index in [1.807, 2.05) is 6.92 Å². The molecule has 8 heteroatoms. The first-order chi connectivity index (χ1) is 15.0. The number of nitrogens with zero attached hydrogens (tertiary/aromatic N) is 2. The highest BCUT2D eigenvalue weighted by Gasteiger charge is 2.21. The zero-order valence-corrected chi connectivity index (χ0v) is 18.7. The lowest BCUT2D eigenvalue weighted by molar-refractivity contribution is 0.0937. The van der Waals surface area contributed by atoms with Crippen LogP contribution in [0.25, 0.3) is 10.9 Å². The van der Waals surface area contributed by atoms with E-state index in [-0.39, 0.29) is 23.2 Å². The minimum atomic E-state index is -0.145. The van der Waals surface area contributed by atoms with E-state index >= 15 is 0 Å². The summed E-state index contributed by atoms with van der Waals surface area (Å²) < 4.78 is 12.8. The SMILES string of the molecule is CCOc1ccc(C(=O)CSc2nc3cc(Cl)ccc3c(=O)n2CC2CCCO2)cc1. The number of rotatable bonds is 8. The average Bonchev–Trinajstić information content (AvgIpc) is 3.28. The van der Waals surface area contributed by atoms with Gasteiger partial charge in [0, 0.05) is 17.2 Å². The third-order valence-corrected chi connectivity index (χ3v) is 6.32. The lowest BCUT2D eigenvalue weighted by Crippen LogP contribution is -2.29. The van der Waals surface area contributed by atoms with Crippen LogP contribution >= 0.6 is 23.4 Å². The van der Waals surface area contributed by atoms with Crippen molar-refractivity contribution in [1.82, 2.24) is 9.55 Å². The molecule has 0 bridgehead atoms. The van der Waals surface area contributed by atoms with Crippen molar-refractivity contribution in [3.05, 3.63) is 63.4 Å². The Labute approximate surface area is 189 Å². The normalized spacial score (nSPS) is 16.0. The fourth-order valence-corrected chi connectivity index (χ4v) is 4.62. The summed E-state index contributed by atoms with van der Waals surface area (Å²) in [6.07, 6.45) is 1.86. The van der Waals surface area contributed by atoms with E-state index < -0.39 is 0 Å². The molecule has 0 spiro atoms. The van der Waals surface area contributed by atoms with Gasteiger partial charge >= 0.3 is 0 Å². The molecule has 1 aliphatic heterocycles. The molecular weight excluding hydrogens is 436 g/mol. The Balaban J connectivity index is 1.60. The predicted octanol–water partition coefficient (Wildman–Crippen LogP) is 4.60. The number of hydrogen-bond donors (Lipinski definition) is 0. The van der Waals surface area contributed by atoms with E-state index in [0.29, 0.717) is 46.4 Å². The van der Waals surface area contributed by atoms with E-state index in [9.17, 15) is 9.59 Å². The molecule has 1 fully saturated rings. The maximum atomic E-state index is 13.2. The molecule has 0 N–H and O–H groups in total. The summed E-state index contributed by atoms with van der Waals surface area (Å²) in [6.45, 7) is 3.61. The Morgan fingerprint density at radius 3 is 2.81 bits per heavy atom. The van der Waals surface area contributed by atoms with Crippen molar-refractivity contribution in [2.45, 2.75) is 37.6 Å². The number of benzene rings is 2. The first kappa shape index (κ1) is 21.9. The molecule has 2 heterocycles. The van der Waals surface area contributed by atoms with Crippen LogP contribution in [0, 0.1) is 0 Å². The number of halogens is 1. The number of aromatic nitrogens is 2. The zero-order chi connectivity index (χ0) is 21.8. The van der Waals surface area contributed by atoms with Gasteiger partial charge in [-0.3, -0.25) is 14.2 Å². The molecular formula is C23H23ClN2O4S. The van der Waals surface area contributed by atoms with E-state index in [1.54, 1.807) is 47.0 Å². The van der Waals surface area contributed by atoms with Gasteiger partial charge in [-0.2, -0.15) is 0 Å². The van der Waals surface area contributed by atoms with Gasteiger partial charge in [-0.1, -0.05) is 23.4 Å². The molecule has 31 heavy (non-hydrogen) atoms. The molecule has 1 saturated heterocycles. The van der Waals surface area contributed by atoms with Gasteiger partial charge in [-0.15, -0.1) is 0 Å². The maximum Gasteiger partial charge on any atom is 0.262 e. The van der Waals surface area contributed by atoms with Crippen LogP contribution in [-0.2, 0) is 11.3 Å². The molecule has 0 aliphatic carbocycles. The lowest BCUT2D eigenvalue weighted by atomic mass is 10.1. The highest BCUT2D eigenvalue weighted by Crippen LogP contribution is 2.24. The molecule has 0 saturated carbocycles. The molecule has 6 nitrogen and oxygen atoms in total. The van der Waals surface area contributed by atoms with Crippen LogP contribution in [0.2, 0.25) is 5.02 Å². The van der Waals surface area contributed by atoms with Crippen molar-refractivity contribution < 1.29 is 14.3 Å². The molecule has 1 unspecified atom stereocenters. The minimum absolute atomic E-state index is 0.0228. The van der Waals surface area contributed by atoms with E-state index in [1.165, 1.54) is 11.8 Å². The number of ether oxygens (including phenoxy) is 2. The van der Waals surface area contributed by atoms with Gasteiger partial charge in [-0.25, -0.2) is 4.98 Å². The standard InChI is InChI=1S/C23H23ClN2O4S/c1-2-29-17-8-5-15(6-9-17)21(27)14-31-23-25-20-12-16(24)7-10-19(20)22(28)26(23)13-18-4-3-11-30-18/h5-10,12,18H,2-4,11,13-14H2,1H3. The molecule has 1 aromatic heterocycles. The summed E-state index contributed by atoms with van der Waals surface area (Å²) in [5.41, 5.74) is 0.970. The monoisotopic (exact) mass is 458 g/mol. The van der Waals surface area contributed by atoms with Crippen molar-refractivity contribution in [3.8, 4) is 5.75 Å². The fourth-order valence-electron chi connectivity index (χ4n) is 3.55. The molecule has 162 valence electrons. The van der Waals surface area contributed by atoms with Crippen LogP contribution in [0.5, 0.6) is 5.75 Å². The third kappa shape index (κ3) is 5.11. The number of hydrogen-bond acceptors (Lipinski definition) is 6. The van der Waals surface area contributed by atoms with Gasteiger partial charge < -0.3 is 9.47 Å². The second-order valence-electron chi connectivity index (χ2n) is 7.28. The Bertz CT molecular complexity index is 1140. The maximum absolute atomic E-state index is 13.2. The highest BCUT2D eigenvalue weighted by molar-refractivity contribution is 7.99. The number of fused-ring (bicyclic) bond motifs is 1. The minimum Gasteiger partial charge on any atom is -0.494 e. The van der Waals surface area contributed by atoms with Crippen molar-refractivity contribution in [2.24, 2.45) is 0 Å². The summed E-state index contributed by atoms with van der Waals surface area (Å²) in [6, 6.07) is 12.1. The molecule has 1 aliphatic rings. The van der Waals surface area contributed by atoms with Crippen LogP contribution in [0.1, 0.15) is 30.1 Å². The van der Waals surface area contributed by atoms with E-state index in [0.717, 1.165) is 18.6 Å². The van der Waals surface area contributed by atoms with Gasteiger partial charge in [0.25, 0.3) is 5.56 Å². The first-order valence-electron chi connectivity index (χ1n) is 10.3. The Hall–Kier alpha value is -2.35. The topological polar surface area (TPSA) is 70.4 Å². The van der Waals surface area contributed by atoms with Gasteiger partial charge in [0.05, 0.1) is 35.9 Å². The summed E-state index contributed by atoms with van der Waals surface area (Å²) in [5.74, 6) is 0.847. The van der Waals surface area contributed by atoms with Crippen LogP contribution in [0.3, 0.4) is 0 Å². The van der Waals surface area contributed by atoms with Crippen LogP contribution in [0.15, 0.2) is 52.4 Å². The summed E-state index contributed by atoms with van der Waals surface area (Å²) in [7, 11) is 0. The molecule has 3 aromatic rings. The second kappa shape index (κ2) is 9.85. The summed E-state index contributed by atoms with van der Waals surface area (Å²) in [4.78, 5) is 30.6. The van der Waals surface area contributed by atoms with Crippen LogP contribution in [-0.4, -0.2) is 40.4 Å². The Morgan fingerprint density at radius 1 is 1.29 bits per heavy atom. The fraction of sp³-hybridized carbons (Fsp3) is 0.348. The highest BCUT2D eigenvalue weighted by atomic mass is 35.5. The number of Topliss-reactive ketones (excluding diaryl/α,β-unsaturated/α-hetero) is 1. The number of ketones is 1. The van der Waals surface area contributed by atoms with Gasteiger partial charge in [0.1, 0.15) is 5.75 Å². The van der Waals surface area contributed by atoms with Crippen LogP contribution in [0.4, 0.5) is 0 Å². The van der Waals surface area contributed by atoms with Crippen molar-refractivity contribution in [2.75, 3.05) is 19.0 Å². The number of carbonyl (C=O) groups excluding carboxylic acids is 1. The third-order valence-electron chi connectivity index (χ3n) is 5.11. The van der Waals surface area contributed by atoms with E-state index in [2.05, 4.69) is 4.98 Å². The van der Waals surface area contributed by atoms with Gasteiger partial charge in [-0.05, 0) is 62.2 Å². The summed E-state index contributed by atoms with van der Waals surface area (Å²) in [5, 5.41) is 1.51. The van der Waals surface area contributed by atoms with Crippen molar-refractivity contribution >= 4 is 40.0 Å². The number of carbonyl (C=O) groups is 1. The molecule has 2 aromatic carbocycles. The molecule has 1 atom stereocenters. The van der Waals surface area contributed by atoms with Gasteiger partial charge in [0.15, 0.2) is 10.9 Å². The molecule has 0 amide bonds. The number of thioether (sulfide) groups is 1. The average molecular weight is 459 g/mol. The lowest BCUT2D eigenvalue weighted by Gasteiger charge is -2.16. The summed E-state index contributed by atoms with van der Waals surface area (Å²) >= 11 is 7.36. The quantitative estimate of drug-likeness (QED) is 0.279. The first-order valence-corrected chi connectivity index (χ1v) is 11.6. The Kier molecular flexibility index (Phi) is 6.95. The van der Waals surface area contributed by atoms with Crippen molar-refractivity contribution in [3.63, 3.8) is 0 Å². The predicted molar refractivity (Wildman–Crippen MR) is 123 cm³/mol. The molecule has 4 rings (SSSR count). The molecule has 0 radical (unpaired) electrons. The smallest absolute Gasteiger partial charge is 0.262 e. The zero-order valence-electron chi connectivity index (χ0n) is 17.2. The van der Waals surface area contributed by atoms with E-state index in [4.69, 9.17) is 21.1 Å². The second-order valence-corrected chi connectivity index (χ2v) is 8.65.